The second-order valence-electron chi connectivity index (χ2n) is 6.27. The molecule has 1 heterocycles. The molecule has 1 aromatic rings. The van der Waals surface area contributed by atoms with E-state index in [1.165, 1.54) is 18.2 Å². The minimum atomic E-state index is -0.788. The van der Waals surface area contributed by atoms with Gasteiger partial charge in [-0.2, -0.15) is 0 Å². The molecule has 0 saturated carbocycles. The van der Waals surface area contributed by atoms with Gasteiger partial charge in [-0.15, -0.1) is 0 Å². The third-order valence-corrected chi connectivity index (χ3v) is 4.83. The number of benzene rings is 1. The SMILES string of the molecule is CCC(CC)CN(CC)C(=O)CN1C(=O)c2cccc([N+](=O)[O-])c2C1=O. The van der Waals surface area contributed by atoms with Crippen molar-refractivity contribution in [3.63, 3.8) is 0 Å². The lowest BCUT2D eigenvalue weighted by atomic mass is 10.0. The summed E-state index contributed by atoms with van der Waals surface area (Å²) in [5, 5.41) is 11.1. The Morgan fingerprint density at radius 3 is 2.38 bits per heavy atom. The first-order valence-corrected chi connectivity index (χ1v) is 8.76. The minimum absolute atomic E-state index is 0.0277. The van der Waals surface area contributed by atoms with E-state index in [1.807, 2.05) is 6.92 Å². The molecule has 2 rings (SSSR count). The lowest BCUT2D eigenvalue weighted by Crippen LogP contribution is -2.44. The summed E-state index contributed by atoms with van der Waals surface area (Å²) in [6, 6.07) is 3.91. The average molecular weight is 361 g/mol. The van der Waals surface area contributed by atoms with Crippen molar-refractivity contribution in [1.29, 1.82) is 0 Å². The van der Waals surface area contributed by atoms with E-state index in [0.29, 0.717) is 19.0 Å². The Kier molecular flexibility index (Phi) is 6.07. The van der Waals surface area contributed by atoms with Crippen LogP contribution in [0.15, 0.2) is 18.2 Å². The van der Waals surface area contributed by atoms with E-state index in [-0.39, 0.29) is 17.0 Å². The molecule has 1 aliphatic heterocycles. The highest BCUT2D eigenvalue weighted by atomic mass is 16.6. The molecule has 0 fully saturated rings. The van der Waals surface area contributed by atoms with Crippen molar-refractivity contribution in [1.82, 2.24) is 9.80 Å². The Labute approximate surface area is 151 Å². The summed E-state index contributed by atoms with van der Waals surface area (Å²) in [4.78, 5) is 50.5. The highest BCUT2D eigenvalue weighted by molar-refractivity contribution is 6.24. The van der Waals surface area contributed by atoms with Gasteiger partial charge in [-0.1, -0.05) is 32.8 Å². The van der Waals surface area contributed by atoms with Crippen LogP contribution in [0.2, 0.25) is 0 Å². The van der Waals surface area contributed by atoms with Crippen LogP contribution in [0.1, 0.15) is 54.3 Å². The zero-order chi connectivity index (χ0) is 19.4. The fourth-order valence-corrected chi connectivity index (χ4v) is 3.11. The Morgan fingerprint density at radius 2 is 1.85 bits per heavy atom. The number of likely N-dealkylation sites (N-methyl/N-ethyl adjacent to an activating group) is 1. The molecule has 0 radical (unpaired) electrons. The zero-order valence-corrected chi connectivity index (χ0v) is 15.2. The first kappa shape index (κ1) is 19.6. The normalized spacial score (nSPS) is 13.3. The summed E-state index contributed by atoms with van der Waals surface area (Å²) in [7, 11) is 0. The number of imide groups is 1. The maximum Gasteiger partial charge on any atom is 0.282 e. The van der Waals surface area contributed by atoms with E-state index in [4.69, 9.17) is 0 Å². The Hall–Kier alpha value is -2.77. The van der Waals surface area contributed by atoms with E-state index >= 15 is 0 Å². The van der Waals surface area contributed by atoms with Crippen molar-refractivity contribution in [2.24, 2.45) is 5.92 Å². The number of nitrogens with zero attached hydrogens (tertiary/aromatic N) is 3. The predicted octanol–water partition coefficient (Wildman–Crippen LogP) is 2.48. The van der Waals surface area contributed by atoms with Gasteiger partial charge >= 0.3 is 0 Å². The molecular weight excluding hydrogens is 338 g/mol. The molecule has 0 spiro atoms. The fourth-order valence-electron chi connectivity index (χ4n) is 3.11. The largest absolute Gasteiger partial charge is 0.341 e. The molecule has 0 bridgehead atoms. The molecule has 0 aromatic heterocycles. The number of rotatable bonds is 8. The standard InChI is InChI=1S/C18H23N3O5/c1-4-12(5-2)10-19(6-3)15(22)11-20-17(23)13-8-7-9-14(21(25)26)16(13)18(20)24/h7-9,12H,4-6,10-11H2,1-3H3. The molecule has 8 nitrogen and oxygen atoms in total. The second kappa shape index (κ2) is 8.07. The average Bonchev–Trinajstić information content (AvgIpc) is 2.87. The highest BCUT2D eigenvalue weighted by Gasteiger charge is 2.42. The van der Waals surface area contributed by atoms with E-state index in [9.17, 15) is 24.5 Å². The molecular formula is C18H23N3O5. The van der Waals surface area contributed by atoms with Crippen LogP contribution in [0, 0.1) is 16.0 Å². The van der Waals surface area contributed by atoms with Crippen molar-refractivity contribution >= 4 is 23.4 Å². The lowest BCUT2D eigenvalue weighted by Gasteiger charge is -2.27. The van der Waals surface area contributed by atoms with Gasteiger partial charge in [0.2, 0.25) is 5.91 Å². The molecule has 26 heavy (non-hydrogen) atoms. The van der Waals surface area contributed by atoms with Gasteiger partial charge in [0.25, 0.3) is 17.5 Å². The molecule has 0 atom stereocenters. The second-order valence-corrected chi connectivity index (χ2v) is 6.27. The first-order chi connectivity index (χ1) is 12.3. The molecule has 140 valence electrons. The molecule has 1 aliphatic rings. The van der Waals surface area contributed by atoms with Crippen LogP contribution in [-0.4, -0.2) is 52.1 Å². The van der Waals surface area contributed by atoms with Gasteiger partial charge < -0.3 is 4.90 Å². The molecule has 3 amide bonds. The number of fused-ring (bicyclic) bond motifs is 1. The van der Waals surface area contributed by atoms with Crippen LogP contribution in [0.4, 0.5) is 5.69 Å². The number of hydrogen-bond donors (Lipinski definition) is 0. The molecule has 0 unspecified atom stereocenters. The van der Waals surface area contributed by atoms with Crippen LogP contribution in [0.3, 0.4) is 0 Å². The Bertz CT molecular complexity index is 742. The van der Waals surface area contributed by atoms with Crippen molar-refractivity contribution in [3.8, 4) is 0 Å². The van der Waals surface area contributed by atoms with Gasteiger partial charge in [-0.25, -0.2) is 0 Å². The van der Waals surface area contributed by atoms with E-state index < -0.39 is 29.0 Å². The third kappa shape index (κ3) is 3.58. The summed E-state index contributed by atoms with van der Waals surface area (Å²) in [6.45, 7) is 6.57. The molecule has 0 aliphatic carbocycles. The summed E-state index contributed by atoms with van der Waals surface area (Å²) >= 11 is 0. The van der Waals surface area contributed by atoms with Gasteiger partial charge in [0.1, 0.15) is 12.1 Å². The lowest BCUT2D eigenvalue weighted by molar-refractivity contribution is -0.385. The topological polar surface area (TPSA) is 101 Å². The van der Waals surface area contributed by atoms with Crippen LogP contribution in [0.25, 0.3) is 0 Å². The Morgan fingerprint density at radius 1 is 1.19 bits per heavy atom. The van der Waals surface area contributed by atoms with Gasteiger partial charge in [0, 0.05) is 19.2 Å². The number of carbonyl (C=O) groups is 3. The van der Waals surface area contributed by atoms with Crippen molar-refractivity contribution in [2.45, 2.75) is 33.6 Å². The number of amides is 3. The summed E-state index contributed by atoms with van der Waals surface area (Å²) in [5.41, 5.74) is -0.682. The predicted molar refractivity (Wildman–Crippen MR) is 94.8 cm³/mol. The quantitative estimate of drug-likeness (QED) is 0.402. The van der Waals surface area contributed by atoms with Crippen LogP contribution >= 0.6 is 0 Å². The van der Waals surface area contributed by atoms with E-state index in [2.05, 4.69) is 13.8 Å². The monoisotopic (exact) mass is 361 g/mol. The highest BCUT2D eigenvalue weighted by Crippen LogP contribution is 2.30. The number of hydrogen-bond acceptors (Lipinski definition) is 5. The van der Waals surface area contributed by atoms with E-state index in [1.54, 1.807) is 4.90 Å². The van der Waals surface area contributed by atoms with Crippen molar-refractivity contribution < 1.29 is 19.3 Å². The maximum absolute atomic E-state index is 12.6. The van der Waals surface area contributed by atoms with Crippen LogP contribution in [-0.2, 0) is 4.79 Å². The van der Waals surface area contributed by atoms with Crippen LogP contribution < -0.4 is 0 Å². The first-order valence-electron chi connectivity index (χ1n) is 8.76. The van der Waals surface area contributed by atoms with Crippen LogP contribution in [0.5, 0.6) is 0 Å². The number of nitro groups is 1. The molecule has 8 heteroatoms. The Balaban J connectivity index is 2.21. The van der Waals surface area contributed by atoms with Gasteiger partial charge in [0.05, 0.1) is 10.5 Å². The minimum Gasteiger partial charge on any atom is -0.341 e. The zero-order valence-electron chi connectivity index (χ0n) is 15.2. The number of carbonyl (C=O) groups excluding carboxylic acids is 3. The summed E-state index contributed by atoms with van der Waals surface area (Å²) in [5.74, 6) is -1.44. The summed E-state index contributed by atoms with van der Waals surface area (Å²) in [6.07, 6.45) is 1.86. The van der Waals surface area contributed by atoms with E-state index in [0.717, 1.165) is 17.7 Å². The summed E-state index contributed by atoms with van der Waals surface area (Å²) < 4.78 is 0. The maximum atomic E-state index is 12.6. The van der Waals surface area contributed by atoms with Gasteiger partial charge in [0.15, 0.2) is 0 Å². The molecule has 0 saturated heterocycles. The fraction of sp³-hybridized carbons (Fsp3) is 0.500. The van der Waals surface area contributed by atoms with Gasteiger partial charge in [-0.3, -0.25) is 29.4 Å². The molecule has 1 aromatic carbocycles. The molecule has 0 N–H and O–H groups in total. The van der Waals surface area contributed by atoms with Crippen molar-refractivity contribution in [2.75, 3.05) is 19.6 Å². The smallest absolute Gasteiger partial charge is 0.282 e. The number of nitro benzene ring substituents is 1. The van der Waals surface area contributed by atoms with Crippen molar-refractivity contribution in [3.05, 3.63) is 39.4 Å². The third-order valence-electron chi connectivity index (χ3n) is 4.83. The van der Waals surface area contributed by atoms with Gasteiger partial charge in [-0.05, 0) is 18.9 Å².